The Hall–Kier alpha value is -4.44. The minimum absolute atomic E-state index is 0.117. The van der Waals surface area contributed by atoms with Crippen LogP contribution in [0.15, 0.2) is 65.9 Å². The van der Waals surface area contributed by atoms with Crippen LogP contribution in [-0.2, 0) is 14.3 Å². The number of ether oxygens (including phenoxy) is 3. The van der Waals surface area contributed by atoms with Gasteiger partial charge in [-0.1, -0.05) is 73.6 Å². The van der Waals surface area contributed by atoms with Gasteiger partial charge in [0, 0.05) is 0 Å². The van der Waals surface area contributed by atoms with Gasteiger partial charge in [0.05, 0.1) is 38.1 Å². The molecule has 4 rings (SSSR count). The summed E-state index contributed by atoms with van der Waals surface area (Å²) < 4.78 is 16.4. The third-order valence-corrected chi connectivity index (χ3v) is 7.71. The molecule has 2 heterocycles. The number of aliphatic hydroxyl groups is 1. The monoisotopic (exact) mass is 576 g/mol. The average Bonchev–Trinajstić information content (AvgIpc) is 3.50. The number of rotatable bonds is 12. The van der Waals surface area contributed by atoms with Gasteiger partial charge < -0.3 is 19.3 Å². The number of amides is 1. The predicted molar refractivity (Wildman–Crippen MR) is 157 cm³/mol. The maximum Gasteiger partial charge on any atom is 0.350 e. The first-order valence-corrected chi connectivity index (χ1v) is 14.0. The van der Waals surface area contributed by atoms with Crippen LogP contribution in [0, 0.1) is 6.92 Å². The molecule has 2 aromatic carbocycles. The molecule has 3 aromatic rings. The van der Waals surface area contributed by atoms with Gasteiger partial charge in [0.1, 0.15) is 4.88 Å². The van der Waals surface area contributed by atoms with Gasteiger partial charge >= 0.3 is 5.97 Å². The SMILES string of the molecule is CCCCCOc1ccc(C2C(C(=O)C=Cc3ccccc3)=C(O)C(=O)N2c2nc(C)c(C(=O)OC)s2)cc1OC. The van der Waals surface area contributed by atoms with Crippen molar-refractivity contribution in [2.45, 2.75) is 39.2 Å². The van der Waals surface area contributed by atoms with Crippen molar-refractivity contribution < 1.29 is 33.7 Å². The molecule has 10 heteroatoms. The fraction of sp³-hybridized carbons (Fsp3) is 0.290. The number of allylic oxidation sites excluding steroid dienone is 1. The van der Waals surface area contributed by atoms with Gasteiger partial charge in [-0.05, 0) is 42.7 Å². The quantitative estimate of drug-likeness (QED) is 0.159. The molecule has 41 heavy (non-hydrogen) atoms. The number of benzene rings is 2. The number of carbonyl (C=O) groups excluding carboxylic acids is 3. The van der Waals surface area contributed by atoms with E-state index < -0.39 is 29.5 Å². The molecular weight excluding hydrogens is 544 g/mol. The number of esters is 1. The van der Waals surface area contributed by atoms with Gasteiger partial charge in [0.15, 0.2) is 28.2 Å². The zero-order valence-electron chi connectivity index (χ0n) is 23.4. The summed E-state index contributed by atoms with van der Waals surface area (Å²) in [5.41, 5.74) is 1.51. The first kappa shape index (κ1) is 29.5. The topological polar surface area (TPSA) is 115 Å². The van der Waals surface area contributed by atoms with Crippen molar-refractivity contribution >= 4 is 40.2 Å². The number of aryl methyl sites for hydroxylation is 1. The average molecular weight is 577 g/mol. The molecule has 0 radical (unpaired) electrons. The van der Waals surface area contributed by atoms with Crippen LogP contribution < -0.4 is 14.4 Å². The van der Waals surface area contributed by atoms with Gasteiger partial charge in [0.25, 0.3) is 5.91 Å². The summed E-state index contributed by atoms with van der Waals surface area (Å²) in [4.78, 5) is 45.2. The van der Waals surface area contributed by atoms with E-state index in [4.69, 9.17) is 14.2 Å². The molecule has 1 aromatic heterocycles. The molecular formula is C31H32N2O7S. The standard InChI is InChI=1S/C31H32N2O7S/c1-5-6-10-17-40-23-16-14-21(18-24(23)38-3)26-25(22(34)15-13-20-11-8-7-9-12-20)27(35)29(36)33(26)31-32-19(2)28(41-31)30(37)39-4/h7-9,11-16,18,26,35H,5-6,10,17H2,1-4H3. The zero-order valence-corrected chi connectivity index (χ0v) is 24.2. The van der Waals surface area contributed by atoms with E-state index in [1.54, 1.807) is 31.2 Å². The second-order valence-electron chi connectivity index (χ2n) is 9.32. The number of thiazole rings is 1. The van der Waals surface area contributed by atoms with E-state index in [0.717, 1.165) is 36.2 Å². The smallest absolute Gasteiger partial charge is 0.350 e. The number of carbonyl (C=O) groups is 3. The van der Waals surface area contributed by atoms with Crippen molar-refractivity contribution in [3.8, 4) is 11.5 Å². The molecule has 1 N–H and O–H groups in total. The third kappa shape index (κ3) is 6.33. The molecule has 1 aliphatic heterocycles. The molecule has 0 saturated heterocycles. The Morgan fingerprint density at radius 1 is 1.10 bits per heavy atom. The van der Waals surface area contributed by atoms with Crippen LogP contribution in [0.4, 0.5) is 5.13 Å². The summed E-state index contributed by atoms with van der Waals surface area (Å²) in [7, 11) is 2.76. The van der Waals surface area contributed by atoms with Crippen molar-refractivity contribution in [2.24, 2.45) is 0 Å². The molecule has 0 fully saturated rings. The maximum atomic E-state index is 13.6. The molecule has 9 nitrogen and oxygen atoms in total. The Balaban J connectivity index is 1.78. The molecule has 1 atom stereocenters. The van der Waals surface area contributed by atoms with Crippen LogP contribution in [-0.4, -0.2) is 48.6 Å². The molecule has 1 amide bonds. The van der Waals surface area contributed by atoms with E-state index in [9.17, 15) is 19.5 Å². The number of hydrogen-bond acceptors (Lipinski definition) is 9. The van der Waals surface area contributed by atoms with E-state index in [1.165, 1.54) is 25.2 Å². The molecule has 214 valence electrons. The van der Waals surface area contributed by atoms with E-state index >= 15 is 0 Å². The van der Waals surface area contributed by atoms with E-state index in [0.29, 0.717) is 29.4 Å². The number of methoxy groups -OCH3 is 2. The van der Waals surface area contributed by atoms with Crippen molar-refractivity contribution in [1.82, 2.24) is 4.98 Å². The first-order chi connectivity index (χ1) is 19.8. The normalized spacial score (nSPS) is 15.1. The third-order valence-electron chi connectivity index (χ3n) is 6.57. The number of hydrogen-bond donors (Lipinski definition) is 1. The van der Waals surface area contributed by atoms with Crippen LogP contribution in [0.3, 0.4) is 0 Å². The van der Waals surface area contributed by atoms with Crippen LogP contribution in [0.5, 0.6) is 11.5 Å². The lowest BCUT2D eigenvalue weighted by molar-refractivity contribution is -0.117. The number of ketones is 1. The minimum atomic E-state index is -1.05. The number of nitrogens with zero attached hydrogens (tertiary/aromatic N) is 2. The van der Waals surface area contributed by atoms with E-state index in [1.807, 2.05) is 30.3 Å². The van der Waals surface area contributed by atoms with E-state index in [2.05, 4.69) is 11.9 Å². The Morgan fingerprint density at radius 2 is 1.85 bits per heavy atom. The summed E-state index contributed by atoms with van der Waals surface area (Å²) in [5.74, 6) is -1.71. The highest BCUT2D eigenvalue weighted by Gasteiger charge is 2.45. The van der Waals surface area contributed by atoms with Gasteiger partial charge in [0.2, 0.25) is 0 Å². The molecule has 0 bridgehead atoms. The number of anilines is 1. The highest BCUT2D eigenvalue weighted by Crippen LogP contribution is 2.45. The Labute approximate surface area is 242 Å². The van der Waals surface area contributed by atoms with Crippen molar-refractivity contribution in [3.05, 3.63) is 87.6 Å². The number of unbranched alkanes of at least 4 members (excludes halogenated alkanes) is 2. The summed E-state index contributed by atoms with van der Waals surface area (Å²) in [6.45, 7) is 4.25. The number of aliphatic hydroxyl groups excluding tert-OH is 1. The van der Waals surface area contributed by atoms with Gasteiger partial charge in [-0.2, -0.15) is 0 Å². The predicted octanol–water partition coefficient (Wildman–Crippen LogP) is 6.00. The summed E-state index contributed by atoms with van der Waals surface area (Å²) in [6, 6.07) is 13.3. The molecule has 0 aliphatic carbocycles. The summed E-state index contributed by atoms with van der Waals surface area (Å²) in [6.07, 6.45) is 5.92. The minimum Gasteiger partial charge on any atom is -0.503 e. The molecule has 1 unspecified atom stereocenters. The van der Waals surface area contributed by atoms with Crippen LogP contribution in [0.2, 0.25) is 0 Å². The molecule has 0 saturated carbocycles. The Kier molecular flexibility index (Phi) is 9.57. The first-order valence-electron chi connectivity index (χ1n) is 13.2. The second kappa shape index (κ2) is 13.3. The lowest BCUT2D eigenvalue weighted by atomic mass is 9.95. The number of aromatic nitrogens is 1. The fourth-order valence-electron chi connectivity index (χ4n) is 4.47. The Morgan fingerprint density at radius 3 is 2.54 bits per heavy atom. The fourth-order valence-corrected chi connectivity index (χ4v) is 5.48. The molecule has 0 spiro atoms. The summed E-state index contributed by atoms with van der Waals surface area (Å²) >= 11 is 0.943. The maximum absolute atomic E-state index is 13.6. The zero-order chi connectivity index (χ0) is 29.5. The molecule has 1 aliphatic rings. The Bertz CT molecular complexity index is 1490. The summed E-state index contributed by atoms with van der Waals surface area (Å²) in [5, 5.41) is 11.2. The lowest BCUT2D eigenvalue weighted by Crippen LogP contribution is -2.30. The van der Waals surface area contributed by atoms with Crippen molar-refractivity contribution in [3.63, 3.8) is 0 Å². The highest BCUT2D eigenvalue weighted by molar-refractivity contribution is 7.17. The van der Waals surface area contributed by atoms with Crippen molar-refractivity contribution in [2.75, 3.05) is 25.7 Å². The van der Waals surface area contributed by atoms with Gasteiger partial charge in [-0.25, -0.2) is 9.78 Å². The van der Waals surface area contributed by atoms with Gasteiger partial charge in [-0.15, -0.1) is 0 Å². The van der Waals surface area contributed by atoms with Crippen LogP contribution in [0.25, 0.3) is 6.08 Å². The van der Waals surface area contributed by atoms with Crippen LogP contribution >= 0.6 is 11.3 Å². The van der Waals surface area contributed by atoms with E-state index in [-0.39, 0.29) is 15.6 Å². The lowest BCUT2D eigenvalue weighted by Gasteiger charge is -2.25. The van der Waals surface area contributed by atoms with Crippen molar-refractivity contribution in [1.29, 1.82) is 0 Å². The largest absolute Gasteiger partial charge is 0.503 e. The van der Waals surface area contributed by atoms with Gasteiger partial charge in [-0.3, -0.25) is 14.5 Å². The van der Waals surface area contributed by atoms with Crippen LogP contribution in [0.1, 0.15) is 58.7 Å². The second-order valence-corrected chi connectivity index (χ2v) is 10.3. The highest BCUT2D eigenvalue weighted by atomic mass is 32.1.